The van der Waals surface area contributed by atoms with Gasteiger partial charge in [0, 0.05) is 31.5 Å². The van der Waals surface area contributed by atoms with Gasteiger partial charge in [0.05, 0.1) is 52.2 Å². The third-order valence-corrected chi connectivity index (χ3v) is 7.89. The van der Waals surface area contributed by atoms with Crippen molar-refractivity contribution in [1.82, 2.24) is 19.4 Å². The van der Waals surface area contributed by atoms with Crippen molar-refractivity contribution in [3.63, 3.8) is 0 Å². The highest BCUT2D eigenvalue weighted by atomic mass is 19.4. The molecule has 3 aromatic rings. The second kappa shape index (κ2) is 12.3. The second-order valence-corrected chi connectivity index (χ2v) is 11.6. The molecule has 0 radical (unpaired) electrons. The molecule has 228 valence electrons. The zero-order chi connectivity index (χ0) is 30.8. The molecule has 0 atom stereocenters. The lowest BCUT2D eigenvalue weighted by atomic mass is 10.0. The maximum absolute atomic E-state index is 13.4. The summed E-state index contributed by atoms with van der Waals surface area (Å²) in [5.74, 6) is 1.06. The first-order valence-corrected chi connectivity index (χ1v) is 14.8. The summed E-state index contributed by atoms with van der Waals surface area (Å²) in [5.41, 5.74) is 4.24. The topological polar surface area (TPSA) is 67.6 Å². The molecule has 7 nitrogen and oxygen atoms in total. The van der Waals surface area contributed by atoms with E-state index in [-0.39, 0.29) is 6.04 Å². The molecule has 2 aliphatic heterocycles. The Morgan fingerprint density at radius 3 is 2.43 bits per heavy atom. The Kier molecular flexibility index (Phi) is 8.27. The molecule has 3 aliphatic rings. The summed E-state index contributed by atoms with van der Waals surface area (Å²) in [4.78, 5) is 17.0. The molecule has 0 bridgehead atoms. The number of halogens is 3. The minimum atomic E-state index is -4.42. The Balaban J connectivity index is 1.53. The maximum atomic E-state index is 13.4. The van der Waals surface area contributed by atoms with Crippen LogP contribution in [0.3, 0.4) is 0 Å². The second-order valence-electron chi connectivity index (χ2n) is 11.6. The van der Waals surface area contributed by atoms with Gasteiger partial charge in [-0.15, -0.1) is 0 Å². The first kappa shape index (κ1) is 29.6. The van der Waals surface area contributed by atoms with Gasteiger partial charge in [-0.2, -0.15) is 13.2 Å². The lowest BCUT2D eigenvalue weighted by molar-refractivity contribution is -0.137. The fourth-order valence-electron chi connectivity index (χ4n) is 5.86. The van der Waals surface area contributed by atoms with Crippen LogP contribution in [0.2, 0.25) is 0 Å². The number of pyridine rings is 1. The number of aromatic nitrogens is 3. The third-order valence-electron chi connectivity index (χ3n) is 7.89. The minimum absolute atomic E-state index is 0.125. The van der Waals surface area contributed by atoms with Gasteiger partial charge in [-0.25, -0.2) is 9.97 Å². The highest BCUT2D eigenvalue weighted by molar-refractivity contribution is 5.84. The highest BCUT2D eigenvalue weighted by Gasteiger charge is 2.30. The van der Waals surface area contributed by atoms with E-state index < -0.39 is 11.7 Å². The average Bonchev–Trinajstić information content (AvgIpc) is 3.01. The fraction of sp³-hybridized carbons (Fsp3) is 0.324. The molecule has 1 aliphatic carbocycles. The number of ether oxygens (including phenoxy) is 1. The number of anilines is 2. The van der Waals surface area contributed by atoms with E-state index in [1.807, 2.05) is 53.1 Å². The first-order valence-electron chi connectivity index (χ1n) is 14.8. The Morgan fingerprint density at radius 1 is 0.977 bits per heavy atom. The number of alkyl halides is 3. The predicted molar refractivity (Wildman–Crippen MR) is 167 cm³/mol. The van der Waals surface area contributed by atoms with Crippen LogP contribution in [0.4, 0.5) is 24.5 Å². The summed E-state index contributed by atoms with van der Waals surface area (Å²) < 4.78 is 47.7. The van der Waals surface area contributed by atoms with Gasteiger partial charge in [-0.3, -0.25) is 4.99 Å². The van der Waals surface area contributed by atoms with E-state index in [0.29, 0.717) is 34.4 Å². The summed E-state index contributed by atoms with van der Waals surface area (Å²) in [6.07, 6.45) is -0.873. The molecule has 2 aromatic carbocycles. The van der Waals surface area contributed by atoms with Crippen LogP contribution < -0.4 is 15.4 Å². The number of likely N-dealkylation sites (tertiary alicyclic amines) is 1. The van der Waals surface area contributed by atoms with Gasteiger partial charge in [0.2, 0.25) is 5.88 Å². The van der Waals surface area contributed by atoms with E-state index in [4.69, 9.17) is 14.7 Å². The Bertz CT molecular complexity index is 1790. The van der Waals surface area contributed by atoms with E-state index in [9.17, 15) is 13.2 Å². The van der Waals surface area contributed by atoms with Crippen molar-refractivity contribution < 1.29 is 17.9 Å². The van der Waals surface area contributed by atoms with Crippen molar-refractivity contribution >= 4 is 22.4 Å². The summed E-state index contributed by atoms with van der Waals surface area (Å²) in [5, 5.41) is 4.21. The lowest BCUT2D eigenvalue weighted by Crippen LogP contribution is -2.38. The number of fused-ring (bicyclic) bond motifs is 2. The summed E-state index contributed by atoms with van der Waals surface area (Å²) in [7, 11) is 1.57. The molecule has 0 amide bonds. The van der Waals surface area contributed by atoms with Crippen LogP contribution in [-0.4, -0.2) is 52.2 Å². The Morgan fingerprint density at radius 2 is 1.73 bits per heavy atom. The van der Waals surface area contributed by atoms with E-state index in [0.717, 1.165) is 66.9 Å². The number of nitrogens with one attached hydrogen (secondary N) is 1. The van der Waals surface area contributed by atoms with Gasteiger partial charge in [0.25, 0.3) is 0 Å². The smallest absolute Gasteiger partial charge is 0.416 e. The van der Waals surface area contributed by atoms with Crippen molar-refractivity contribution in [2.24, 2.45) is 10.9 Å². The van der Waals surface area contributed by atoms with Crippen molar-refractivity contribution in [2.45, 2.75) is 38.9 Å². The standard InChI is InChI=1S/C34H35F3N6O/c1-22(2)21-42-17-14-24(15-18-42)39-29-20-32-30(19-28(29)41-27-8-6-16-38-33(27)44-3)40-26-7-4-5-9-31(26)43(32)25-12-10-23(11-13-25)34(35,36)37/h4-13,16,19-20,22,24,41H,14-15,17-18,21H2,1-3H3/b39-29+. The largest absolute Gasteiger partial charge is 0.480 e. The van der Waals surface area contributed by atoms with E-state index >= 15 is 0 Å². The van der Waals surface area contributed by atoms with Crippen molar-refractivity contribution in [3.8, 4) is 23.0 Å². The van der Waals surface area contributed by atoms with Gasteiger partial charge >= 0.3 is 6.18 Å². The first-order chi connectivity index (χ1) is 21.2. The number of methoxy groups -OCH3 is 1. The number of para-hydroxylation sites is 2. The predicted octanol–water partition coefficient (Wildman–Crippen LogP) is 7.32. The highest BCUT2D eigenvalue weighted by Crippen LogP contribution is 2.34. The van der Waals surface area contributed by atoms with Crippen LogP contribution in [-0.2, 0) is 6.18 Å². The van der Waals surface area contributed by atoms with Crippen molar-refractivity contribution in [3.05, 3.63) is 89.9 Å². The van der Waals surface area contributed by atoms with Crippen molar-refractivity contribution in [1.29, 1.82) is 0 Å². The number of hydrogen-bond donors (Lipinski definition) is 1. The van der Waals surface area contributed by atoms with Crippen LogP contribution in [0.5, 0.6) is 5.88 Å². The summed E-state index contributed by atoms with van der Waals surface area (Å²) in [6, 6.07) is 20.6. The molecule has 1 aromatic heterocycles. The van der Waals surface area contributed by atoms with Crippen LogP contribution in [0.1, 0.15) is 32.3 Å². The molecule has 44 heavy (non-hydrogen) atoms. The van der Waals surface area contributed by atoms with Crippen LogP contribution >= 0.6 is 0 Å². The molecule has 0 unspecified atom stereocenters. The normalized spacial score (nSPS) is 15.4. The van der Waals surface area contributed by atoms with E-state index in [2.05, 4.69) is 29.0 Å². The van der Waals surface area contributed by atoms with Gasteiger partial charge in [-0.1, -0.05) is 26.0 Å². The Hall–Kier alpha value is -4.44. The lowest BCUT2D eigenvalue weighted by Gasteiger charge is -2.31. The van der Waals surface area contributed by atoms with Crippen LogP contribution in [0, 0.1) is 5.92 Å². The van der Waals surface area contributed by atoms with Gasteiger partial charge in [0.1, 0.15) is 5.69 Å². The number of nitrogens with zero attached hydrogens (tertiary/aromatic N) is 5. The quantitative estimate of drug-likeness (QED) is 0.198. The molecular weight excluding hydrogens is 565 g/mol. The summed E-state index contributed by atoms with van der Waals surface area (Å²) in [6.45, 7) is 7.51. The molecule has 1 fully saturated rings. The number of rotatable bonds is 7. The van der Waals surface area contributed by atoms with E-state index in [1.54, 1.807) is 13.3 Å². The maximum Gasteiger partial charge on any atom is 0.416 e. The molecule has 0 saturated carbocycles. The number of hydrogen-bond acceptors (Lipinski definition) is 6. The Labute approximate surface area is 254 Å². The monoisotopic (exact) mass is 600 g/mol. The van der Waals surface area contributed by atoms with E-state index in [1.165, 1.54) is 12.1 Å². The molecular formula is C34H35F3N6O. The zero-order valence-corrected chi connectivity index (χ0v) is 25.0. The molecule has 1 saturated heterocycles. The van der Waals surface area contributed by atoms with Gasteiger partial charge in [-0.05, 0) is 79.4 Å². The van der Waals surface area contributed by atoms with Gasteiger partial charge in [0.15, 0.2) is 0 Å². The molecule has 10 heteroatoms. The molecule has 3 heterocycles. The zero-order valence-electron chi connectivity index (χ0n) is 25.0. The van der Waals surface area contributed by atoms with Crippen LogP contribution in [0.25, 0.3) is 28.1 Å². The minimum Gasteiger partial charge on any atom is -0.480 e. The van der Waals surface area contributed by atoms with Crippen LogP contribution in [0.15, 0.2) is 84.0 Å². The SMILES string of the molecule is COc1ncccc1Nc1cc2nc3ccccc3n(-c3ccc(C(F)(F)F)cc3)c-2c/c1=N\C1CCN(CC(C)C)CC1. The fourth-order valence-corrected chi connectivity index (χ4v) is 5.86. The summed E-state index contributed by atoms with van der Waals surface area (Å²) >= 11 is 0. The third kappa shape index (κ3) is 6.26. The number of benzene rings is 3. The molecule has 0 spiro atoms. The average molecular weight is 601 g/mol. The van der Waals surface area contributed by atoms with Crippen molar-refractivity contribution in [2.75, 3.05) is 32.1 Å². The molecule has 1 N–H and O–H groups in total. The molecule has 6 rings (SSSR count). The van der Waals surface area contributed by atoms with Gasteiger partial charge < -0.3 is 19.5 Å². The number of piperidine rings is 1.